The summed E-state index contributed by atoms with van der Waals surface area (Å²) in [5.74, 6) is 4.44. The minimum Gasteiger partial charge on any atom is -0.345 e. The van der Waals surface area contributed by atoms with Crippen LogP contribution in [0.25, 0.3) is 0 Å². The highest BCUT2D eigenvalue weighted by molar-refractivity contribution is 5.19. The second-order valence-corrected chi connectivity index (χ2v) is 8.13. The first-order valence-electron chi connectivity index (χ1n) is 8.55. The molecule has 0 aromatic carbocycles. The monoisotopic (exact) mass is 271 g/mol. The Hall–Kier alpha value is -0.830. The fraction of sp³-hybridized carbons (Fsp3) is 0.824. The molecule has 0 spiro atoms. The number of aromatic nitrogens is 2. The topological polar surface area (TPSA) is 40.7 Å². The quantitative estimate of drug-likeness (QED) is 0.868. The van der Waals surface area contributed by atoms with E-state index in [1.165, 1.54) is 62.2 Å². The van der Waals surface area contributed by atoms with Crippen molar-refractivity contribution in [3.8, 4) is 0 Å². The number of rotatable bonds is 2. The van der Waals surface area contributed by atoms with Crippen molar-refractivity contribution in [3.63, 3.8) is 0 Å². The van der Waals surface area contributed by atoms with Crippen molar-refractivity contribution in [2.24, 2.45) is 23.2 Å². The number of aromatic amines is 1. The summed E-state index contributed by atoms with van der Waals surface area (Å²) in [6.45, 7) is 2.08. The van der Waals surface area contributed by atoms with Crippen molar-refractivity contribution >= 4 is 0 Å². The highest BCUT2D eigenvalue weighted by Crippen LogP contribution is 2.60. The maximum atomic E-state index is 4.93. The molecule has 5 aliphatic rings. The molecule has 1 aromatic rings. The highest BCUT2D eigenvalue weighted by Gasteiger charge is 2.51. The molecule has 4 aliphatic carbocycles. The van der Waals surface area contributed by atoms with Crippen LogP contribution < -0.4 is 5.32 Å². The number of fused-ring (bicyclic) bond motifs is 1. The molecule has 1 aromatic heterocycles. The number of nitrogens with zero attached hydrogens (tertiary/aromatic N) is 1. The zero-order valence-corrected chi connectivity index (χ0v) is 12.3. The number of hydrogen-bond donors (Lipinski definition) is 2. The van der Waals surface area contributed by atoms with Gasteiger partial charge >= 0.3 is 0 Å². The average molecular weight is 271 g/mol. The molecule has 2 N–H and O–H groups in total. The summed E-state index contributed by atoms with van der Waals surface area (Å²) in [7, 11) is 0. The van der Waals surface area contributed by atoms with E-state index in [0.29, 0.717) is 5.41 Å². The van der Waals surface area contributed by atoms with Crippen LogP contribution in [0.5, 0.6) is 0 Å². The van der Waals surface area contributed by atoms with Crippen LogP contribution in [0.15, 0.2) is 0 Å². The first-order valence-corrected chi connectivity index (χ1v) is 8.55. The molecule has 2 heterocycles. The van der Waals surface area contributed by atoms with Crippen LogP contribution in [0.4, 0.5) is 0 Å². The lowest BCUT2D eigenvalue weighted by Crippen LogP contribution is -2.47. The predicted octanol–water partition coefficient (Wildman–Crippen LogP) is 2.81. The molecule has 4 bridgehead atoms. The Morgan fingerprint density at radius 2 is 1.75 bits per heavy atom. The van der Waals surface area contributed by atoms with Gasteiger partial charge in [-0.25, -0.2) is 4.98 Å². The fourth-order valence-electron chi connectivity index (χ4n) is 6.22. The Balaban J connectivity index is 1.42. The van der Waals surface area contributed by atoms with E-state index in [0.717, 1.165) is 37.3 Å². The van der Waals surface area contributed by atoms with E-state index in [4.69, 9.17) is 4.98 Å². The van der Waals surface area contributed by atoms with Gasteiger partial charge in [-0.05, 0) is 61.7 Å². The first-order chi connectivity index (χ1) is 9.78. The molecule has 108 valence electrons. The summed E-state index contributed by atoms with van der Waals surface area (Å²) in [5, 5.41) is 3.44. The van der Waals surface area contributed by atoms with Crippen molar-refractivity contribution in [2.75, 3.05) is 6.54 Å². The van der Waals surface area contributed by atoms with Gasteiger partial charge in [0.2, 0.25) is 0 Å². The lowest BCUT2D eigenvalue weighted by atomic mass is 9.49. The maximum Gasteiger partial charge on any atom is 0.107 e. The Labute approximate surface area is 120 Å². The van der Waals surface area contributed by atoms with Gasteiger partial charge in [0.1, 0.15) is 5.82 Å². The molecule has 6 rings (SSSR count). The molecule has 0 radical (unpaired) electrons. The van der Waals surface area contributed by atoms with Crippen LogP contribution >= 0.6 is 0 Å². The largest absolute Gasteiger partial charge is 0.345 e. The van der Waals surface area contributed by atoms with Crippen LogP contribution in [-0.2, 0) is 19.4 Å². The lowest BCUT2D eigenvalue weighted by molar-refractivity contribution is -0.0531. The van der Waals surface area contributed by atoms with Crippen molar-refractivity contribution in [2.45, 2.75) is 57.9 Å². The number of imidazole rings is 1. The summed E-state index contributed by atoms with van der Waals surface area (Å²) in [6, 6.07) is 0. The van der Waals surface area contributed by atoms with Gasteiger partial charge in [0.05, 0.1) is 11.4 Å². The summed E-state index contributed by atoms with van der Waals surface area (Å²) in [5.41, 5.74) is 3.31. The predicted molar refractivity (Wildman–Crippen MR) is 78.3 cm³/mol. The van der Waals surface area contributed by atoms with Gasteiger partial charge in [0.25, 0.3) is 0 Å². The number of hydrogen-bond acceptors (Lipinski definition) is 2. The fourth-order valence-corrected chi connectivity index (χ4v) is 6.22. The van der Waals surface area contributed by atoms with Gasteiger partial charge < -0.3 is 10.3 Å². The van der Waals surface area contributed by atoms with Crippen LogP contribution in [0.1, 0.15) is 55.7 Å². The molecule has 4 fully saturated rings. The van der Waals surface area contributed by atoms with Crippen molar-refractivity contribution in [3.05, 3.63) is 17.2 Å². The summed E-state index contributed by atoms with van der Waals surface area (Å²) < 4.78 is 0. The first kappa shape index (κ1) is 11.8. The van der Waals surface area contributed by atoms with E-state index in [1.807, 2.05) is 0 Å². The maximum absolute atomic E-state index is 4.93. The summed E-state index contributed by atoms with van der Waals surface area (Å²) in [4.78, 5) is 8.57. The zero-order chi connectivity index (χ0) is 13.2. The summed E-state index contributed by atoms with van der Waals surface area (Å²) >= 11 is 0. The van der Waals surface area contributed by atoms with E-state index >= 15 is 0 Å². The third kappa shape index (κ3) is 1.78. The van der Waals surface area contributed by atoms with Crippen LogP contribution in [0, 0.1) is 23.2 Å². The van der Waals surface area contributed by atoms with Gasteiger partial charge in [-0.1, -0.05) is 0 Å². The van der Waals surface area contributed by atoms with E-state index in [-0.39, 0.29) is 0 Å². The number of H-pyrrole nitrogens is 1. The Kier molecular flexibility index (Phi) is 2.41. The molecular weight excluding hydrogens is 246 g/mol. The molecule has 0 atom stereocenters. The molecule has 0 saturated heterocycles. The highest BCUT2D eigenvalue weighted by atomic mass is 15.0. The van der Waals surface area contributed by atoms with Crippen molar-refractivity contribution in [1.29, 1.82) is 0 Å². The van der Waals surface area contributed by atoms with Crippen molar-refractivity contribution < 1.29 is 0 Å². The van der Waals surface area contributed by atoms with E-state index < -0.39 is 0 Å². The zero-order valence-electron chi connectivity index (χ0n) is 12.3. The normalized spacial score (nSPS) is 41.9. The third-order valence-corrected chi connectivity index (χ3v) is 6.46. The van der Waals surface area contributed by atoms with Gasteiger partial charge in [-0.2, -0.15) is 0 Å². The van der Waals surface area contributed by atoms with Gasteiger partial charge in [0, 0.05) is 25.9 Å². The molecule has 20 heavy (non-hydrogen) atoms. The Bertz CT molecular complexity index is 472. The summed E-state index contributed by atoms with van der Waals surface area (Å²) in [6.07, 6.45) is 11.4. The molecule has 4 saturated carbocycles. The molecule has 3 heteroatoms. The standard InChI is InChI=1S/C17H25N3/c1-2-18-10-15-14(1)19-16(20-15)9-17-6-11-3-12(7-17)5-13(4-11)8-17/h11-13,18H,1-10H2,(H,19,20). The van der Waals surface area contributed by atoms with Crippen molar-refractivity contribution in [1.82, 2.24) is 15.3 Å². The molecular formula is C17H25N3. The van der Waals surface area contributed by atoms with Gasteiger partial charge in [-0.15, -0.1) is 0 Å². The Morgan fingerprint density at radius 1 is 1.05 bits per heavy atom. The molecule has 3 nitrogen and oxygen atoms in total. The lowest BCUT2D eigenvalue weighted by Gasteiger charge is -2.56. The van der Waals surface area contributed by atoms with Crippen LogP contribution in [0.3, 0.4) is 0 Å². The van der Waals surface area contributed by atoms with E-state index in [1.54, 1.807) is 0 Å². The molecule has 0 amide bonds. The Morgan fingerprint density at radius 3 is 2.40 bits per heavy atom. The van der Waals surface area contributed by atoms with Gasteiger partial charge in [0.15, 0.2) is 0 Å². The van der Waals surface area contributed by atoms with Crippen LogP contribution in [0.2, 0.25) is 0 Å². The second-order valence-electron chi connectivity index (χ2n) is 8.13. The SMILES string of the molecule is C1Cc2nc(CC34CC5CC(CC(C5)C3)C4)[nH]c2CN1. The molecule has 0 unspecified atom stereocenters. The second kappa shape index (κ2) is 4.09. The third-order valence-electron chi connectivity index (χ3n) is 6.46. The smallest absolute Gasteiger partial charge is 0.107 e. The average Bonchev–Trinajstić information content (AvgIpc) is 2.77. The molecule has 1 aliphatic heterocycles. The minimum atomic E-state index is 0.614. The van der Waals surface area contributed by atoms with Crippen LogP contribution in [-0.4, -0.2) is 16.5 Å². The van der Waals surface area contributed by atoms with E-state index in [2.05, 4.69) is 10.3 Å². The van der Waals surface area contributed by atoms with E-state index in [9.17, 15) is 0 Å². The minimum absolute atomic E-state index is 0.614. The number of nitrogens with one attached hydrogen (secondary N) is 2. The van der Waals surface area contributed by atoms with Gasteiger partial charge in [-0.3, -0.25) is 0 Å².